The highest BCUT2D eigenvalue weighted by atomic mass is 16.1. The van der Waals surface area contributed by atoms with Crippen LogP contribution >= 0.6 is 0 Å². The second-order valence-electron chi connectivity index (χ2n) is 7.01. The van der Waals surface area contributed by atoms with Crippen LogP contribution in [0.5, 0.6) is 0 Å². The summed E-state index contributed by atoms with van der Waals surface area (Å²) in [5.74, 6) is 2.33. The smallest absolute Gasteiger partial charge is 0.253 e. The van der Waals surface area contributed by atoms with Crippen molar-refractivity contribution in [2.75, 3.05) is 19.6 Å². The van der Waals surface area contributed by atoms with Crippen molar-refractivity contribution < 1.29 is 4.79 Å². The summed E-state index contributed by atoms with van der Waals surface area (Å²) < 4.78 is 2.16. The maximum Gasteiger partial charge on any atom is 0.253 e. The summed E-state index contributed by atoms with van der Waals surface area (Å²) in [6.45, 7) is 10.4. The predicted octanol–water partition coefficient (Wildman–Crippen LogP) is 1.68. The monoisotopic (exact) mass is 342 g/mol. The molecule has 0 radical (unpaired) electrons. The van der Waals surface area contributed by atoms with Gasteiger partial charge in [-0.3, -0.25) is 9.78 Å². The van der Waals surface area contributed by atoms with Crippen LogP contribution in [0.3, 0.4) is 0 Å². The number of carbonyl (C=O) groups is 1. The van der Waals surface area contributed by atoms with Crippen LogP contribution in [0, 0.1) is 5.92 Å². The molecule has 0 aromatic carbocycles. The molecule has 1 atom stereocenters. The van der Waals surface area contributed by atoms with Crippen molar-refractivity contribution in [3.8, 4) is 0 Å². The molecule has 0 fully saturated rings. The summed E-state index contributed by atoms with van der Waals surface area (Å²) in [6.07, 6.45) is 4.11. The number of hydrogen-bond donors (Lipinski definition) is 1. The minimum Gasteiger partial charge on any atom is -0.342 e. The molecule has 3 rings (SSSR count). The van der Waals surface area contributed by atoms with E-state index in [9.17, 15) is 4.79 Å². The molecule has 3 heterocycles. The molecular weight excluding hydrogens is 316 g/mol. The Balaban J connectivity index is 1.68. The van der Waals surface area contributed by atoms with Gasteiger partial charge in [0.15, 0.2) is 5.82 Å². The molecule has 25 heavy (non-hydrogen) atoms. The van der Waals surface area contributed by atoms with E-state index in [1.807, 2.05) is 6.92 Å². The Morgan fingerprint density at radius 1 is 1.24 bits per heavy atom. The predicted molar refractivity (Wildman–Crippen MR) is 95.1 cm³/mol. The maximum absolute atomic E-state index is 12.3. The largest absolute Gasteiger partial charge is 0.342 e. The van der Waals surface area contributed by atoms with E-state index in [0.29, 0.717) is 11.5 Å². The third-order valence-electron chi connectivity index (χ3n) is 4.43. The Labute approximate surface area is 148 Å². The summed E-state index contributed by atoms with van der Waals surface area (Å²) in [5, 5.41) is 11.7. The molecule has 7 heteroatoms. The fourth-order valence-electron chi connectivity index (χ4n) is 3.25. The summed E-state index contributed by atoms with van der Waals surface area (Å²) in [6, 6.07) is 3.31. The van der Waals surface area contributed by atoms with Crippen molar-refractivity contribution in [2.45, 2.75) is 39.8 Å². The van der Waals surface area contributed by atoms with Gasteiger partial charge in [0.05, 0.1) is 11.6 Å². The van der Waals surface area contributed by atoms with Gasteiger partial charge in [0.2, 0.25) is 0 Å². The lowest BCUT2D eigenvalue weighted by molar-refractivity contribution is 0.0937. The maximum atomic E-state index is 12.3. The Hall–Kier alpha value is -2.28. The van der Waals surface area contributed by atoms with Gasteiger partial charge < -0.3 is 14.8 Å². The Bertz CT molecular complexity index is 712. The zero-order valence-electron chi connectivity index (χ0n) is 15.1. The quantitative estimate of drug-likeness (QED) is 0.895. The van der Waals surface area contributed by atoms with E-state index in [-0.39, 0.29) is 11.9 Å². The van der Waals surface area contributed by atoms with E-state index in [1.54, 1.807) is 24.5 Å². The molecule has 0 spiro atoms. The summed E-state index contributed by atoms with van der Waals surface area (Å²) in [4.78, 5) is 18.8. The topological polar surface area (TPSA) is 75.9 Å². The number of pyridine rings is 1. The van der Waals surface area contributed by atoms with E-state index in [2.05, 4.69) is 43.8 Å². The molecule has 1 N–H and O–H groups in total. The molecule has 2 aromatic heterocycles. The summed E-state index contributed by atoms with van der Waals surface area (Å²) in [7, 11) is 0. The van der Waals surface area contributed by atoms with Crippen molar-refractivity contribution in [3.63, 3.8) is 0 Å². The lowest BCUT2D eigenvalue weighted by atomic mass is 10.2. The van der Waals surface area contributed by atoms with Crippen LogP contribution in [-0.4, -0.2) is 50.2 Å². The normalized spacial score (nSPS) is 16.3. The van der Waals surface area contributed by atoms with Gasteiger partial charge in [0.1, 0.15) is 5.82 Å². The first-order valence-electron chi connectivity index (χ1n) is 8.90. The number of hydrogen-bond acceptors (Lipinski definition) is 5. The average Bonchev–Trinajstić information content (AvgIpc) is 2.91. The molecule has 0 saturated carbocycles. The van der Waals surface area contributed by atoms with Crippen LogP contribution in [0.1, 0.15) is 48.8 Å². The highest BCUT2D eigenvalue weighted by molar-refractivity contribution is 5.93. The van der Waals surface area contributed by atoms with E-state index in [0.717, 1.165) is 44.2 Å². The van der Waals surface area contributed by atoms with E-state index in [1.165, 1.54) is 0 Å². The van der Waals surface area contributed by atoms with Crippen molar-refractivity contribution in [3.05, 3.63) is 41.7 Å². The fourth-order valence-corrected chi connectivity index (χ4v) is 3.25. The molecule has 0 aliphatic carbocycles. The van der Waals surface area contributed by atoms with Gasteiger partial charge in [0, 0.05) is 45.0 Å². The van der Waals surface area contributed by atoms with Crippen LogP contribution in [0.2, 0.25) is 0 Å². The highest BCUT2D eigenvalue weighted by Gasteiger charge is 2.23. The van der Waals surface area contributed by atoms with E-state index in [4.69, 9.17) is 0 Å². The van der Waals surface area contributed by atoms with Crippen LogP contribution in [0.4, 0.5) is 0 Å². The van der Waals surface area contributed by atoms with E-state index >= 15 is 0 Å². The van der Waals surface area contributed by atoms with Crippen LogP contribution in [0.25, 0.3) is 0 Å². The Morgan fingerprint density at radius 2 is 2.08 bits per heavy atom. The minimum atomic E-state index is -0.203. The van der Waals surface area contributed by atoms with E-state index < -0.39 is 0 Å². The third-order valence-corrected chi connectivity index (χ3v) is 4.43. The van der Waals surface area contributed by atoms with Gasteiger partial charge in [-0.15, -0.1) is 10.2 Å². The number of fused-ring (bicyclic) bond motifs is 1. The van der Waals surface area contributed by atoms with Gasteiger partial charge in [-0.1, -0.05) is 13.8 Å². The van der Waals surface area contributed by atoms with Crippen LogP contribution < -0.4 is 5.32 Å². The lowest BCUT2D eigenvalue weighted by Gasteiger charge is -2.22. The second-order valence-corrected chi connectivity index (χ2v) is 7.01. The molecule has 1 amide bonds. The van der Waals surface area contributed by atoms with Crippen molar-refractivity contribution in [2.24, 2.45) is 5.92 Å². The number of aromatic nitrogens is 4. The van der Waals surface area contributed by atoms with Gasteiger partial charge in [0.25, 0.3) is 5.91 Å². The van der Waals surface area contributed by atoms with Gasteiger partial charge in [-0.2, -0.15) is 0 Å². The number of nitrogens with zero attached hydrogens (tertiary/aromatic N) is 5. The molecule has 1 aliphatic heterocycles. The minimum absolute atomic E-state index is 0.145. The van der Waals surface area contributed by atoms with Gasteiger partial charge in [-0.05, 0) is 25.0 Å². The number of carbonyl (C=O) groups excluding carboxylic acids is 1. The zero-order chi connectivity index (χ0) is 17.8. The zero-order valence-corrected chi connectivity index (χ0v) is 15.1. The van der Waals surface area contributed by atoms with Crippen LogP contribution in [-0.2, 0) is 13.0 Å². The third kappa shape index (κ3) is 4.22. The molecule has 7 nitrogen and oxygen atoms in total. The first kappa shape index (κ1) is 17.5. The van der Waals surface area contributed by atoms with Gasteiger partial charge >= 0.3 is 0 Å². The number of nitrogens with one attached hydrogen (secondary N) is 1. The molecule has 134 valence electrons. The van der Waals surface area contributed by atoms with Gasteiger partial charge in [-0.25, -0.2) is 0 Å². The molecule has 1 aliphatic rings. The Morgan fingerprint density at radius 3 is 2.80 bits per heavy atom. The SMILES string of the molecule is CC(C)CN1CCc2nnc(C(C)NC(=O)c3cccnc3)n2CC1. The molecule has 0 bridgehead atoms. The van der Waals surface area contributed by atoms with Crippen molar-refractivity contribution in [1.82, 2.24) is 30.0 Å². The first-order valence-corrected chi connectivity index (χ1v) is 8.90. The highest BCUT2D eigenvalue weighted by Crippen LogP contribution is 2.16. The first-order chi connectivity index (χ1) is 12.0. The second kappa shape index (κ2) is 7.74. The Kier molecular flexibility index (Phi) is 5.43. The number of rotatable bonds is 5. The van der Waals surface area contributed by atoms with Crippen molar-refractivity contribution in [1.29, 1.82) is 0 Å². The standard InChI is InChI=1S/C18H26N6O/c1-13(2)12-23-8-6-16-21-22-17(24(16)10-9-23)14(3)20-18(25)15-5-4-7-19-11-15/h4-5,7,11,13-14H,6,8-10,12H2,1-3H3,(H,20,25). The lowest BCUT2D eigenvalue weighted by Crippen LogP contribution is -2.32. The van der Waals surface area contributed by atoms with Crippen LogP contribution in [0.15, 0.2) is 24.5 Å². The van der Waals surface area contributed by atoms with Crippen molar-refractivity contribution >= 4 is 5.91 Å². The summed E-state index contributed by atoms with van der Waals surface area (Å²) >= 11 is 0. The molecule has 0 saturated heterocycles. The fraction of sp³-hybridized carbons (Fsp3) is 0.556. The average molecular weight is 342 g/mol. The molecule has 1 unspecified atom stereocenters. The molecular formula is C18H26N6O. The summed E-state index contributed by atoms with van der Waals surface area (Å²) in [5.41, 5.74) is 0.549. The number of amides is 1. The molecule has 2 aromatic rings.